The van der Waals surface area contributed by atoms with E-state index < -0.39 is 29.9 Å². The van der Waals surface area contributed by atoms with Crippen molar-refractivity contribution in [2.24, 2.45) is 5.92 Å². The van der Waals surface area contributed by atoms with E-state index in [9.17, 15) is 18.0 Å². The fourth-order valence-corrected chi connectivity index (χ4v) is 2.54. The second-order valence-electron chi connectivity index (χ2n) is 5.91. The van der Waals surface area contributed by atoms with E-state index in [0.29, 0.717) is 6.92 Å². The molecule has 0 bridgehead atoms. The molecule has 2 amide bonds. The van der Waals surface area contributed by atoms with Gasteiger partial charge in [0.15, 0.2) is 5.54 Å². The molecule has 1 fully saturated rings. The zero-order valence-electron chi connectivity index (χ0n) is 14.3. The number of fused-ring (bicyclic) bond motifs is 1. The van der Waals surface area contributed by atoms with Crippen LogP contribution in [0.3, 0.4) is 0 Å². The molecule has 3 N–H and O–H groups in total. The van der Waals surface area contributed by atoms with Crippen LogP contribution in [0.2, 0.25) is 0 Å². The molecule has 1 heterocycles. The van der Waals surface area contributed by atoms with Crippen molar-refractivity contribution in [3.05, 3.63) is 29.1 Å². The summed E-state index contributed by atoms with van der Waals surface area (Å²) in [5.41, 5.74) is -2.52. The van der Waals surface area contributed by atoms with Crippen LogP contribution < -0.4 is 10.6 Å². The molecule has 136 valence electrons. The highest BCUT2D eigenvalue weighted by molar-refractivity contribution is 5.95. The first-order valence-corrected chi connectivity index (χ1v) is 8.20. The van der Waals surface area contributed by atoms with E-state index in [0.717, 1.165) is 25.0 Å². The Morgan fingerprint density at radius 2 is 2.00 bits per heavy atom. The molecular formula is C18H21F3N2O2. The molecule has 2 aliphatic rings. The van der Waals surface area contributed by atoms with Gasteiger partial charge in [-0.25, -0.2) is 18.0 Å². The number of anilines is 1. The van der Waals surface area contributed by atoms with Crippen LogP contribution in [0.15, 0.2) is 12.1 Å². The number of rotatable bonds is 2. The van der Waals surface area contributed by atoms with Gasteiger partial charge in [-0.2, -0.15) is 0 Å². The van der Waals surface area contributed by atoms with Gasteiger partial charge in [0.1, 0.15) is 5.82 Å². The normalized spacial score (nSPS) is 21.6. The lowest BCUT2D eigenvalue weighted by Crippen LogP contribution is -2.59. The molecule has 0 spiro atoms. The van der Waals surface area contributed by atoms with Crippen molar-refractivity contribution in [3.63, 3.8) is 0 Å². The minimum absolute atomic E-state index is 0.0193. The van der Waals surface area contributed by atoms with Crippen molar-refractivity contribution in [2.75, 3.05) is 5.32 Å². The SMILES string of the molecule is CC.CC(F)(F)C1(C#CC2CC2)NC(=O)Nc2cc(CO)c(F)cc21. The van der Waals surface area contributed by atoms with Gasteiger partial charge in [-0.1, -0.05) is 25.7 Å². The molecular weight excluding hydrogens is 333 g/mol. The number of carbonyl (C=O) groups excluding carboxylic acids is 1. The average molecular weight is 354 g/mol. The number of halogens is 3. The smallest absolute Gasteiger partial charge is 0.320 e. The lowest BCUT2D eigenvalue weighted by molar-refractivity contribution is -0.0465. The van der Waals surface area contributed by atoms with Crippen LogP contribution in [0.4, 0.5) is 23.7 Å². The van der Waals surface area contributed by atoms with Crippen LogP contribution in [0.25, 0.3) is 0 Å². The van der Waals surface area contributed by atoms with Gasteiger partial charge >= 0.3 is 6.03 Å². The monoisotopic (exact) mass is 354 g/mol. The van der Waals surface area contributed by atoms with Crippen LogP contribution in [0.1, 0.15) is 44.7 Å². The van der Waals surface area contributed by atoms with Gasteiger partial charge in [0.25, 0.3) is 5.92 Å². The van der Waals surface area contributed by atoms with Gasteiger partial charge < -0.3 is 15.7 Å². The Morgan fingerprint density at radius 3 is 2.52 bits per heavy atom. The molecule has 0 saturated heterocycles. The van der Waals surface area contributed by atoms with Crippen molar-refractivity contribution in [1.29, 1.82) is 0 Å². The first-order valence-electron chi connectivity index (χ1n) is 8.20. The lowest BCUT2D eigenvalue weighted by atomic mass is 9.81. The highest BCUT2D eigenvalue weighted by atomic mass is 19.3. The predicted molar refractivity (Wildman–Crippen MR) is 88.6 cm³/mol. The summed E-state index contributed by atoms with van der Waals surface area (Å²) in [6.45, 7) is 4.04. The summed E-state index contributed by atoms with van der Waals surface area (Å²) in [4.78, 5) is 11.9. The van der Waals surface area contributed by atoms with Gasteiger partial charge in [-0.05, 0) is 25.0 Å². The molecule has 1 atom stereocenters. The molecule has 1 aliphatic carbocycles. The van der Waals surface area contributed by atoms with E-state index in [-0.39, 0.29) is 22.7 Å². The highest BCUT2D eigenvalue weighted by Crippen LogP contribution is 2.44. The van der Waals surface area contributed by atoms with Crippen molar-refractivity contribution in [3.8, 4) is 11.8 Å². The Morgan fingerprint density at radius 1 is 1.36 bits per heavy atom. The van der Waals surface area contributed by atoms with E-state index in [4.69, 9.17) is 5.11 Å². The molecule has 1 aromatic carbocycles. The molecule has 1 aromatic rings. The maximum absolute atomic E-state index is 14.4. The third-order valence-corrected chi connectivity index (χ3v) is 4.01. The molecule has 25 heavy (non-hydrogen) atoms. The number of nitrogens with one attached hydrogen (secondary N) is 2. The van der Waals surface area contributed by atoms with Crippen LogP contribution in [-0.4, -0.2) is 17.1 Å². The molecule has 4 nitrogen and oxygen atoms in total. The number of urea groups is 1. The maximum Gasteiger partial charge on any atom is 0.320 e. The van der Waals surface area contributed by atoms with Crippen molar-refractivity contribution < 1.29 is 23.1 Å². The van der Waals surface area contributed by atoms with E-state index in [2.05, 4.69) is 22.5 Å². The Bertz CT molecular complexity index is 730. The molecule has 1 saturated carbocycles. The molecule has 1 aliphatic heterocycles. The van der Waals surface area contributed by atoms with Gasteiger partial charge in [0, 0.05) is 29.7 Å². The average Bonchev–Trinajstić information content (AvgIpc) is 3.37. The second-order valence-corrected chi connectivity index (χ2v) is 5.91. The van der Waals surface area contributed by atoms with E-state index in [1.807, 2.05) is 13.8 Å². The van der Waals surface area contributed by atoms with Crippen LogP contribution in [0.5, 0.6) is 0 Å². The topological polar surface area (TPSA) is 61.4 Å². The van der Waals surface area contributed by atoms with Gasteiger partial charge in [-0.15, -0.1) is 0 Å². The summed E-state index contributed by atoms with van der Waals surface area (Å²) in [5, 5.41) is 13.6. The van der Waals surface area contributed by atoms with Crippen molar-refractivity contribution >= 4 is 11.7 Å². The number of alkyl halides is 2. The fourth-order valence-electron chi connectivity index (χ4n) is 2.54. The Hall–Kier alpha value is -2.20. The quantitative estimate of drug-likeness (QED) is 0.709. The zero-order valence-corrected chi connectivity index (χ0v) is 14.3. The first kappa shape index (κ1) is 19.1. The summed E-state index contributed by atoms with van der Waals surface area (Å²) in [6.07, 6.45) is 1.66. The second kappa shape index (κ2) is 6.96. The van der Waals surface area contributed by atoms with Crippen LogP contribution >= 0.6 is 0 Å². The van der Waals surface area contributed by atoms with Crippen LogP contribution in [0, 0.1) is 23.6 Å². The van der Waals surface area contributed by atoms with E-state index in [1.54, 1.807) is 0 Å². The maximum atomic E-state index is 14.4. The Balaban J connectivity index is 0.00000109. The number of benzene rings is 1. The number of carbonyl (C=O) groups is 1. The number of amides is 2. The predicted octanol–water partition coefficient (Wildman–Crippen LogP) is 3.74. The lowest BCUT2D eigenvalue weighted by Gasteiger charge is -2.40. The molecule has 7 heteroatoms. The summed E-state index contributed by atoms with van der Waals surface area (Å²) >= 11 is 0. The standard InChI is InChI=1S/C16H15F3N2O2.C2H6/c1-15(18,19)16(5-4-9-2-3-9)11-7-12(17)10(8-22)6-13(11)20-14(23)21-16;1-2/h6-7,9,22H,2-3,8H2,1H3,(H2,20,21,23);1-2H3. The third-order valence-electron chi connectivity index (χ3n) is 4.01. The van der Waals surface area contributed by atoms with Gasteiger partial charge in [0.2, 0.25) is 0 Å². The third kappa shape index (κ3) is 3.59. The zero-order chi connectivity index (χ0) is 18.8. The minimum Gasteiger partial charge on any atom is -0.392 e. The molecule has 3 rings (SSSR count). The molecule has 1 unspecified atom stereocenters. The minimum atomic E-state index is -3.44. The van der Waals surface area contributed by atoms with Gasteiger partial charge in [-0.3, -0.25) is 0 Å². The summed E-state index contributed by atoms with van der Waals surface area (Å²) < 4.78 is 42.8. The van der Waals surface area contributed by atoms with Crippen molar-refractivity contribution in [1.82, 2.24) is 5.32 Å². The van der Waals surface area contributed by atoms with Crippen molar-refractivity contribution in [2.45, 2.75) is 51.7 Å². The number of hydrogen-bond acceptors (Lipinski definition) is 2. The largest absolute Gasteiger partial charge is 0.392 e. The fraction of sp³-hybridized carbons (Fsp3) is 0.500. The Kier molecular flexibility index (Phi) is 5.33. The molecule has 0 aromatic heterocycles. The van der Waals surface area contributed by atoms with Crippen LogP contribution in [-0.2, 0) is 12.1 Å². The van der Waals surface area contributed by atoms with E-state index >= 15 is 0 Å². The summed E-state index contributed by atoms with van der Waals surface area (Å²) in [6, 6.07) is 1.20. The number of aliphatic hydroxyl groups is 1. The van der Waals surface area contributed by atoms with Gasteiger partial charge in [0.05, 0.1) is 6.61 Å². The highest BCUT2D eigenvalue weighted by Gasteiger charge is 2.55. The summed E-state index contributed by atoms with van der Waals surface area (Å²) in [5.74, 6) is 0.996. The molecule has 0 radical (unpaired) electrons. The van der Waals surface area contributed by atoms with E-state index in [1.165, 1.54) is 0 Å². The number of hydrogen-bond donors (Lipinski definition) is 3. The summed E-state index contributed by atoms with van der Waals surface area (Å²) in [7, 11) is 0. The number of aliphatic hydroxyl groups excluding tert-OH is 1. The first-order chi connectivity index (χ1) is 11.8. The Labute approximate surface area is 144 Å².